The van der Waals surface area contributed by atoms with E-state index in [-0.39, 0.29) is 5.41 Å². The number of rotatable bonds is 2. The third kappa shape index (κ3) is 1.77. The van der Waals surface area contributed by atoms with E-state index in [1.54, 1.807) is 0 Å². The summed E-state index contributed by atoms with van der Waals surface area (Å²) in [6.07, 6.45) is 0. The smallest absolute Gasteiger partial charge is 0.215 e. The van der Waals surface area contributed by atoms with Gasteiger partial charge in [0.25, 0.3) is 8.87 Å². The highest BCUT2D eigenvalue weighted by Gasteiger charge is 2.19. The minimum Gasteiger partial charge on any atom is -0.215 e. The molecule has 0 rings (SSSR count). The molecule has 0 radical (unpaired) electrons. The average molecular weight is 171 g/mol. The maximum Gasteiger partial charge on any atom is 0.318 e. The molecule has 5 nitrogen and oxygen atoms in total. The summed E-state index contributed by atoms with van der Waals surface area (Å²) in [5, 5.41) is 4.52. The summed E-state index contributed by atoms with van der Waals surface area (Å²) in [5.41, 5.74) is 0. The van der Waals surface area contributed by atoms with Gasteiger partial charge >= 0.3 is 9.06 Å². The van der Waals surface area contributed by atoms with Gasteiger partial charge in [-0.1, -0.05) is 6.58 Å². The van der Waals surface area contributed by atoms with Crippen molar-refractivity contribution in [3.8, 4) is 0 Å². The molecule has 0 atom stereocenters. The van der Waals surface area contributed by atoms with Gasteiger partial charge in [0.15, 0.2) is 0 Å². The molecule has 0 aromatic heterocycles. The molecule has 0 fully saturated rings. The molecule has 0 heterocycles. The Morgan fingerprint density at radius 1 is 1.22 bits per heavy atom. The molecule has 0 aliphatic carbocycles. The van der Waals surface area contributed by atoms with Gasteiger partial charge in [-0.3, -0.25) is 0 Å². The lowest BCUT2D eigenvalue weighted by molar-refractivity contribution is 0.588. The van der Waals surface area contributed by atoms with Gasteiger partial charge in [0.2, 0.25) is 0 Å². The minimum atomic E-state index is -4.50. The second-order valence-electron chi connectivity index (χ2n) is 1.15. The van der Waals surface area contributed by atoms with Crippen molar-refractivity contribution in [3.05, 3.63) is 12.0 Å². The Morgan fingerprint density at radius 2 is 1.56 bits per heavy atom. The first kappa shape index (κ1) is 8.60. The Morgan fingerprint density at radius 3 is 1.56 bits per heavy atom. The molecule has 0 aromatic rings. The van der Waals surface area contributed by atoms with E-state index in [0.717, 1.165) is 0 Å². The second-order valence-corrected chi connectivity index (χ2v) is 6.24. The molecule has 0 unspecified atom stereocenters. The zero-order valence-corrected chi connectivity index (χ0v) is 5.94. The highest BCUT2D eigenvalue weighted by molar-refractivity contribution is 8.67. The number of hydrogen-bond acceptors (Lipinski definition) is 4. The van der Waals surface area contributed by atoms with Crippen LogP contribution in [0.15, 0.2) is 12.0 Å². The number of nitrogens with two attached hydrogens (primary N) is 1. The normalized spacial score (nSPS) is 13.0. The second kappa shape index (κ2) is 2.09. The van der Waals surface area contributed by atoms with Crippen LogP contribution in [0.5, 0.6) is 0 Å². The van der Waals surface area contributed by atoms with Crippen molar-refractivity contribution in [1.82, 2.24) is 0 Å². The Hall–Kier alpha value is -0.400. The molecule has 54 valence electrons. The van der Waals surface area contributed by atoms with Gasteiger partial charge in [-0.25, -0.2) is 13.6 Å². The minimum absolute atomic E-state index is 0.280. The molecule has 0 aliphatic heterocycles. The van der Waals surface area contributed by atoms with E-state index in [0.29, 0.717) is 0 Å². The summed E-state index contributed by atoms with van der Waals surface area (Å²) in [7, 11) is -8.82. The van der Waals surface area contributed by atoms with Crippen LogP contribution in [0.25, 0.3) is 0 Å². The van der Waals surface area contributed by atoms with Gasteiger partial charge < -0.3 is 0 Å². The van der Waals surface area contributed by atoms with E-state index in [1.165, 1.54) is 0 Å². The van der Waals surface area contributed by atoms with Crippen molar-refractivity contribution in [1.29, 1.82) is 0 Å². The zero-order valence-electron chi connectivity index (χ0n) is 4.31. The van der Waals surface area contributed by atoms with Crippen LogP contribution >= 0.6 is 0 Å². The highest BCUT2D eigenvalue weighted by atomic mass is 33.2. The molecule has 0 saturated carbocycles. The lowest BCUT2D eigenvalue weighted by atomic mass is 11.3. The fraction of sp³-hybridized carbons (Fsp3) is 0. The third-order valence-corrected chi connectivity index (χ3v) is 3.93. The van der Waals surface area contributed by atoms with Crippen LogP contribution in [0.1, 0.15) is 0 Å². The van der Waals surface area contributed by atoms with E-state index in [9.17, 15) is 16.8 Å². The molecule has 7 heteroatoms. The molecular weight excluding hydrogens is 166 g/mol. The Balaban J connectivity index is 5.33. The summed E-state index contributed by atoms with van der Waals surface area (Å²) >= 11 is 0. The van der Waals surface area contributed by atoms with Crippen LogP contribution < -0.4 is 5.14 Å². The average Bonchev–Trinajstić information content (AvgIpc) is 1.64. The van der Waals surface area contributed by atoms with Crippen LogP contribution in [0.4, 0.5) is 0 Å². The largest absolute Gasteiger partial charge is 0.318 e. The summed E-state index contributed by atoms with van der Waals surface area (Å²) in [5.74, 6) is 0. The van der Waals surface area contributed by atoms with Crippen molar-refractivity contribution >= 4 is 17.9 Å². The van der Waals surface area contributed by atoms with Gasteiger partial charge in [-0.05, 0) is 0 Å². The van der Waals surface area contributed by atoms with Gasteiger partial charge in [-0.15, -0.1) is 0 Å². The van der Waals surface area contributed by atoms with Crippen molar-refractivity contribution in [2.24, 2.45) is 5.14 Å². The monoisotopic (exact) mass is 171 g/mol. The maximum atomic E-state index is 10.2. The van der Waals surface area contributed by atoms with Gasteiger partial charge in [0.05, 0.1) is 0 Å². The summed E-state index contributed by atoms with van der Waals surface area (Å²) in [6, 6.07) is 0. The van der Waals surface area contributed by atoms with Gasteiger partial charge in [0, 0.05) is 5.41 Å². The predicted molar refractivity (Wildman–Crippen MR) is 32.2 cm³/mol. The quantitative estimate of drug-likeness (QED) is 0.525. The Labute approximate surface area is 52.5 Å². The molecule has 0 amide bonds. The third-order valence-electron chi connectivity index (χ3n) is 0.528. The van der Waals surface area contributed by atoms with Crippen molar-refractivity contribution in [2.45, 2.75) is 0 Å². The van der Waals surface area contributed by atoms with Crippen molar-refractivity contribution in [3.63, 3.8) is 0 Å². The van der Waals surface area contributed by atoms with Crippen LogP contribution in [-0.4, -0.2) is 16.8 Å². The van der Waals surface area contributed by atoms with Crippen molar-refractivity contribution < 1.29 is 16.8 Å². The molecular formula is C2H5NO4S2. The zero-order chi connectivity index (χ0) is 7.71. The van der Waals surface area contributed by atoms with Crippen molar-refractivity contribution in [2.75, 3.05) is 0 Å². The lowest BCUT2D eigenvalue weighted by Gasteiger charge is -1.89. The summed E-state index contributed by atoms with van der Waals surface area (Å²) in [4.78, 5) is 0. The Bertz CT molecular complexity index is 295. The molecule has 0 bridgehead atoms. The van der Waals surface area contributed by atoms with Gasteiger partial charge in [-0.2, -0.15) is 8.42 Å². The van der Waals surface area contributed by atoms with E-state index in [2.05, 4.69) is 11.7 Å². The first-order chi connectivity index (χ1) is 3.81. The molecule has 0 aromatic carbocycles. The fourth-order valence-corrected chi connectivity index (χ4v) is 0.854. The lowest BCUT2D eigenvalue weighted by Crippen LogP contribution is -2.21. The van der Waals surface area contributed by atoms with Gasteiger partial charge in [0.1, 0.15) is 0 Å². The Kier molecular flexibility index (Phi) is 1.99. The molecule has 0 spiro atoms. The molecule has 0 saturated heterocycles. The molecule has 0 aliphatic rings. The van der Waals surface area contributed by atoms with E-state index < -0.39 is 17.9 Å². The summed E-state index contributed by atoms with van der Waals surface area (Å²) in [6.45, 7) is 2.75. The molecule has 9 heavy (non-hydrogen) atoms. The topological polar surface area (TPSA) is 94.3 Å². The number of hydrogen-bond donors (Lipinski definition) is 1. The first-order valence-corrected chi connectivity index (χ1v) is 5.32. The molecule has 2 N–H and O–H groups in total. The SMILES string of the molecule is C=CS(=O)(=O)S(N)(=O)=O. The van der Waals surface area contributed by atoms with E-state index in [1.807, 2.05) is 0 Å². The van der Waals surface area contributed by atoms with Crippen LogP contribution in [-0.2, 0) is 17.9 Å². The highest BCUT2D eigenvalue weighted by Crippen LogP contribution is 1.95. The maximum absolute atomic E-state index is 10.2. The van der Waals surface area contributed by atoms with Crippen LogP contribution in [0.3, 0.4) is 0 Å². The van der Waals surface area contributed by atoms with E-state index in [4.69, 9.17) is 0 Å². The van der Waals surface area contributed by atoms with Crippen LogP contribution in [0.2, 0.25) is 0 Å². The fourth-order valence-electron chi connectivity index (χ4n) is 0.0948. The predicted octanol–water partition coefficient (Wildman–Crippen LogP) is -1.25. The van der Waals surface area contributed by atoms with E-state index >= 15 is 0 Å². The van der Waals surface area contributed by atoms with Crippen LogP contribution in [0, 0.1) is 0 Å². The first-order valence-electron chi connectivity index (χ1n) is 1.71. The summed E-state index contributed by atoms with van der Waals surface area (Å²) < 4.78 is 40.4. The standard InChI is InChI=1S/C2H5NO4S2/c1-2-8(4,5)9(3,6)7/h2H,1H2,(H2,3,6,7).